The van der Waals surface area contributed by atoms with E-state index in [9.17, 15) is 0 Å². The van der Waals surface area contributed by atoms with Crippen LogP contribution in [0.5, 0.6) is 0 Å². The molecule has 0 amide bonds. The van der Waals surface area contributed by atoms with Crippen molar-refractivity contribution in [2.24, 2.45) is 5.92 Å². The zero-order chi connectivity index (χ0) is 11.1. The molecule has 0 saturated carbocycles. The molecule has 2 N–H and O–H groups in total. The van der Waals surface area contributed by atoms with Crippen molar-refractivity contribution in [2.75, 3.05) is 6.54 Å². The normalized spacial score (nSPS) is 10.4. The van der Waals surface area contributed by atoms with Gasteiger partial charge in [-0.1, -0.05) is 27.0 Å². The molecule has 0 saturated heterocycles. The Morgan fingerprint density at radius 1 is 1.07 bits per heavy atom. The number of hydrogen-bond donors (Lipinski definition) is 2. The van der Waals surface area contributed by atoms with Gasteiger partial charge in [0, 0.05) is 17.4 Å². The monoisotopic (exact) mass is 196 g/mol. The number of nitrogens with one attached hydrogen (secondary N) is 2. The lowest BCUT2D eigenvalue weighted by Crippen LogP contribution is -2.28. The summed E-state index contributed by atoms with van der Waals surface area (Å²) in [6.45, 7) is 17.3. The zero-order valence-corrected chi connectivity index (χ0v) is 9.98. The number of hydrogen-bond acceptors (Lipinski definition) is 2. The van der Waals surface area contributed by atoms with Gasteiger partial charge in [-0.2, -0.15) is 0 Å². The summed E-state index contributed by atoms with van der Waals surface area (Å²) >= 11 is 0. The van der Waals surface area contributed by atoms with Gasteiger partial charge < -0.3 is 10.6 Å². The van der Waals surface area contributed by atoms with Crippen molar-refractivity contribution in [1.82, 2.24) is 10.6 Å². The largest absolute Gasteiger partial charge is 0.385 e. The Kier molecular flexibility index (Phi) is 6.09. The highest BCUT2D eigenvalue weighted by Crippen LogP contribution is 2.05. The minimum atomic E-state index is 0.447. The number of rotatable bonds is 7. The molecule has 0 unspecified atom stereocenters. The van der Waals surface area contributed by atoms with E-state index < -0.39 is 0 Å². The van der Waals surface area contributed by atoms with Crippen LogP contribution in [0.25, 0.3) is 0 Å². The van der Waals surface area contributed by atoms with E-state index >= 15 is 0 Å². The molecule has 0 radical (unpaired) electrons. The van der Waals surface area contributed by atoms with Gasteiger partial charge in [-0.05, 0) is 26.2 Å². The maximum atomic E-state index is 3.97. The lowest BCUT2D eigenvalue weighted by molar-refractivity contribution is 0.595. The van der Waals surface area contributed by atoms with Crippen molar-refractivity contribution in [2.45, 2.75) is 40.2 Å². The maximum Gasteiger partial charge on any atom is 0.0538 e. The Bertz CT molecular complexity index is 170. The third kappa shape index (κ3) is 7.71. The van der Waals surface area contributed by atoms with Crippen molar-refractivity contribution < 1.29 is 0 Å². The fraction of sp³-hybridized carbons (Fsp3) is 0.667. The molecular formula is C12H24N2. The minimum absolute atomic E-state index is 0.447. The SMILES string of the molecule is C=C(CC(C)C)NCC(=C)NC(C)C. The molecule has 0 aromatic carbocycles. The minimum Gasteiger partial charge on any atom is -0.385 e. The summed E-state index contributed by atoms with van der Waals surface area (Å²) in [6, 6.07) is 0.447. The highest BCUT2D eigenvalue weighted by atomic mass is 15.0. The van der Waals surface area contributed by atoms with E-state index in [-0.39, 0.29) is 0 Å². The lowest BCUT2D eigenvalue weighted by atomic mass is 10.1. The second-order valence-corrected chi connectivity index (χ2v) is 4.46. The van der Waals surface area contributed by atoms with Crippen molar-refractivity contribution in [3.8, 4) is 0 Å². The Labute approximate surface area is 88.5 Å². The van der Waals surface area contributed by atoms with Gasteiger partial charge in [-0.3, -0.25) is 0 Å². The molecule has 0 fully saturated rings. The van der Waals surface area contributed by atoms with E-state index in [1.807, 2.05) is 0 Å². The summed E-state index contributed by atoms with van der Waals surface area (Å²) in [4.78, 5) is 0. The average molecular weight is 196 g/mol. The summed E-state index contributed by atoms with van der Waals surface area (Å²) in [6.07, 6.45) is 1.02. The van der Waals surface area contributed by atoms with Gasteiger partial charge in [-0.25, -0.2) is 0 Å². The highest BCUT2D eigenvalue weighted by molar-refractivity contribution is 5.01. The first kappa shape index (κ1) is 13.1. The topological polar surface area (TPSA) is 24.1 Å². The van der Waals surface area contributed by atoms with Gasteiger partial charge in [0.1, 0.15) is 0 Å². The molecule has 0 aromatic heterocycles. The molecule has 0 aromatic rings. The first-order valence-electron chi connectivity index (χ1n) is 5.27. The van der Waals surface area contributed by atoms with Crippen LogP contribution in [-0.2, 0) is 0 Å². The molecule has 0 aliphatic heterocycles. The molecule has 14 heavy (non-hydrogen) atoms. The van der Waals surface area contributed by atoms with Gasteiger partial charge in [-0.15, -0.1) is 0 Å². The zero-order valence-electron chi connectivity index (χ0n) is 9.98. The first-order valence-corrected chi connectivity index (χ1v) is 5.27. The Balaban J connectivity index is 3.61. The van der Waals surface area contributed by atoms with Crippen LogP contribution in [0, 0.1) is 5.92 Å². The second kappa shape index (κ2) is 6.52. The Morgan fingerprint density at radius 3 is 2.07 bits per heavy atom. The molecule has 0 aliphatic rings. The van der Waals surface area contributed by atoms with Gasteiger partial charge in [0.25, 0.3) is 0 Å². The van der Waals surface area contributed by atoms with Crippen molar-refractivity contribution in [1.29, 1.82) is 0 Å². The molecule has 0 atom stereocenters. The van der Waals surface area contributed by atoms with Crippen molar-refractivity contribution in [3.63, 3.8) is 0 Å². The molecule has 82 valence electrons. The molecule has 2 heteroatoms. The summed E-state index contributed by atoms with van der Waals surface area (Å²) < 4.78 is 0. The van der Waals surface area contributed by atoms with Crippen molar-refractivity contribution in [3.05, 3.63) is 24.6 Å². The van der Waals surface area contributed by atoms with E-state index in [4.69, 9.17) is 0 Å². The van der Waals surface area contributed by atoms with E-state index in [1.165, 1.54) is 0 Å². The molecule has 0 heterocycles. The second-order valence-electron chi connectivity index (χ2n) is 4.46. The molecule has 0 bridgehead atoms. The fourth-order valence-electron chi connectivity index (χ4n) is 1.26. The van der Waals surface area contributed by atoms with Crippen LogP contribution in [0.1, 0.15) is 34.1 Å². The van der Waals surface area contributed by atoms with Crippen LogP contribution in [0.15, 0.2) is 24.6 Å². The molecule has 2 nitrogen and oxygen atoms in total. The van der Waals surface area contributed by atoms with Crippen LogP contribution < -0.4 is 10.6 Å². The summed E-state index contributed by atoms with van der Waals surface area (Å²) in [5.74, 6) is 0.654. The maximum absolute atomic E-state index is 3.97. The molecular weight excluding hydrogens is 172 g/mol. The standard InChI is InChI=1S/C12H24N2/c1-9(2)7-11(5)13-8-12(6)14-10(3)4/h9-10,13-14H,5-8H2,1-4H3. The van der Waals surface area contributed by atoms with Crippen LogP contribution in [0.2, 0.25) is 0 Å². The Morgan fingerprint density at radius 2 is 1.64 bits per heavy atom. The van der Waals surface area contributed by atoms with Gasteiger partial charge in [0.2, 0.25) is 0 Å². The van der Waals surface area contributed by atoms with E-state index in [0.29, 0.717) is 12.0 Å². The van der Waals surface area contributed by atoms with Crippen LogP contribution in [-0.4, -0.2) is 12.6 Å². The third-order valence-corrected chi connectivity index (χ3v) is 1.70. The van der Waals surface area contributed by atoms with Crippen molar-refractivity contribution >= 4 is 0 Å². The quantitative estimate of drug-likeness (QED) is 0.654. The molecule has 0 aliphatic carbocycles. The summed E-state index contributed by atoms with van der Waals surface area (Å²) in [7, 11) is 0. The predicted octanol–water partition coefficient (Wildman–Crippen LogP) is 2.65. The van der Waals surface area contributed by atoms with E-state index in [1.54, 1.807) is 0 Å². The predicted molar refractivity (Wildman–Crippen MR) is 64.0 cm³/mol. The molecule has 0 spiro atoms. The van der Waals surface area contributed by atoms with Crippen LogP contribution in [0.4, 0.5) is 0 Å². The third-order valence-electron chi connectivity index (χ3n) is 1.70. The van der Waals surface area contributed by atoms with E-state index in [2.05, 4.69) is 51.5 Å². The Hall–Kier alpha value is -0.920. The van der Waals surface area contributed by atoms with Gasteiger partial charge >= 0.3 is 0 Å². The van der Waals surface area contributed by atoms with E-state index in [0.717, 1.165) is 24.4 Å². The average Bonchev–Trinajstić information content (AvgIpc) is 1.98. The van der Waals surface area contributed by atoms with Crippen LogP contribution >= 0.6 is 0 Å². The molecule has 0 rings (SSSR count). The lowest BCUT2D eigenvalue weighted by Gasteiger charge is -2.16. The summed E-state index contributed by atoms with van der Waals surface area (Å²) in [5, 5.41) is 6.52. The van der Waals surface area contributed by atoms with Crippen LogP contribution in [0.3, 0.4) is 0 Å². The van der Waals surface area contributed by atoms with Gasteiger partial charge in [0.05, 0.1) is 6.54 Å². The highest BCUT2D eigenvalue weighted by Gasteiger charge is 2.00. The fourth-order valence-corrected chi connectivity index (χ4v) is 1.26. The first-order chi connectivity index (χ1) is 6.41. The smallest absolute Gasteiger partial charge is 0.0538 e. The number of allylic oxidation sites excluding steroid dienone is 1. The van der Waals surface area contributed by atoms with Gasteiger partial charge in [0.15, 0.2) is 0 Å². The summed E-state index contributed by atoms with van der Waals surface area (Å²) in [5.41, 5.74) is 2.11.